The number of carbonyl (C=O) groups excluding carboxylic acids is 1. The van der Waals surface area contributed by atoms with Crippen LogP contribution >= 0.6 is 12.6 Å². The highest BCUT2D eigenvalue weighted by atomic mass is 32.1. The highest BCUT2D eigenvalue weighted by Crippen LogP contribution is 2.11. The molecule has 0 spiro atoms. The van der Waals surface area contributed by atoms with Crippen molar-refractivity contribution in [2.75, 3.05) is 5.75 Å². The Bertz CT molecular complexity index is 137. The summed E-state index contributed by atoms with van der Waals surface area (Å²) in [5.41, 5.74) is 0. The van der Waals surface area contributed by atoms with Gasteiger partial charge in [-0.05, 0) is 12.8 Å². The topological polar surface area (TPSA) is 26.3 Å². The van der Waals surface area contributed by atoms with Gasteiger partial charge < -0.3 is 4.74 Å². The molecule has 0 saturated carbocycles. The van der Waals surface area contributed by atoms with Crippen LogP contribution in [0.5, 0.6) is 0 Å². The van der Waals surface area contributed by atoms with Gasteiger partial charge >= 0.3 is 5.97 Å². The van der Waals surface area contributed by atoms with Crippen LogP contribution in [-0.2, 0) is 9.53 Å². The van der Waals surface area contributed by atoms with Gasteiger partial charge in [0, 0.05) is 0 Å². The zero-order valence-corrected chi connectivity index (χ0v) is 9.48. The first-order chi connectivity index (χ1) is 6.24. The molecular formula is C10H20O2S. The lowest BCUT2D eigenvalue weighted by Crippen LogP contribution is -2.18. The van der Waals surface area contributed by atoms with Gasteiger partial charge in [0.05, 0.1) is 5.75 Å². The molecule has 0 rings (SSSR count). The summed E-state index contributed by atoms with van der Waals surface area (Å²) in [7, 11) is 0. The molecule has 1 atom stereocenters. The van der Waals surface area contributed by atoms with Crippen LogP contribution < -0.4 is 0 Å². The molecular weight excluding hydrogens is 184 g/mol. The minimum atomic E-state index is -0.196. The molecule has 1 unspecified atom stereocenters. The molecule has 0 aliphatic heterocycles. The maximum atomic E-state index is 11.0. The van der Waals surface area contributed by atoms with E-state index in [1.54, 1.807) is 0 Å². The Morgan fingerprint density at radius 2 is 2.00 bits per heavy atom. The zero-order chi connectivity index (χ0) is 10.1. The summed E-state index contributed by atoms with van der Waals surface area (Å²) < 4.78 is 5.23. The average Bonchev–Trinajstić information content (AvgIpc) is 2.14. The summed E-state index contributed by atoms with van der Waals surface area (Å²) in [6.45, 7) is 4.25. The summed E-state index contributed by atoms with van der Waals surface area (Å²) in [5.74, 6) is -0.00956. The Labute approximate surface area is 86.5 Å². The van der Waals surface area contributed by atoms with Gasteiger partial charge in [0.1, 0.15) is 6.10 Å². The summed E-state index contributed by atoms with van der Waals surface area (Å²) in [4.78, 5) is 11.0. The Kier molecular flexibility index (Phi) is 8.30. The predicted molar refractivity (Wildman–Crippen MR) is 58.2 cm³/mol. The zero-order valence-electron chi connectivity index (χ0n) is 8.58. The van der Waals surface area contributed by atoms with Crippen molar-refractivity contribution >= 4 is 18.6 Å². The molecule has 0 aromatic carbocycles. The van der Waals surface area contributed by atoms with E-state index in [1.807, 2.05) is 0 Å². The summed E-state index contributed by atoms with van der Waals surface area (Å²) in [5, 5.41) is 0. The van der Waals surface area contributed by atoms with Gasteiger partial charge in [-0.3, -0.25) is 4.79 Å². The van der Waals surface area contributed by atoms with Crippen molar-refractivity contribution < 1.29 is 9.53 Å². The molecule has 13 heavy (non-hydrogen) atoms. The Morgan fingerprint density at radius 1 is 1.31 bits per heavy atom. The largest absolute Gasteiger partial charge is 0.462 e. The van der Waals surface area contributed by atoms with Gasteiger partial charge in [-0.25, -0.2) is 0 Å². The molecule has 0 aromatic heterocycles. The van der Waals surface area contributed by atoms with E-state index in [0.717, 1.165) is 32.1 Å². The van der Waals surface area contributed by atoms with E-state index in [0.29, 0.717) is 0 Å². The fourth-order valence-electron chi connectivity index (χ4n) is 1.24. The molecule has 0 fully saturated rings. The molecule has 0 amide bonds. The molecule has 0 aromatic rings. The first-order valence-electron chi connectivity index (χ1n) is 5.04. The number of carbonyl (C=O) groups is 1. The summed E-state index contributed by atoms with van der Waals surface area (Å²) in [6.07, 6.45) is 5.42. The van der Waals surface area contributed by atoms with Crippen molar-refractivity contribution in [3.8, 4) is 0 Å². The van der Waals surface area contributed by atoms with Crippen LogP contribution in [0.15, 0.2) is 0 Å². The number of esters is 1. The normalized spacial score (nSPS) is 12.5. The number of ether oxygens (including phenoxy) is 1. The molecule has 0 aliphatic rings. The molecule has 0 aliphatic carbocycles. The number of unbranched alkanes of at least 4 members (excludes halogenated alkanes) is 1. The smallest absolute Gasteiger partial charge is 0.315 e. The van der Waals surface area contributed by atoms with Crippen LogP contribution in [0.3, 0.4) is 0 Å². The molecule has 2 nitrogen and oxygen atoms in total. The second-order valence-electron chi connectivity index (χ2n) is 3.20. The first-order valence-corrected chi connectivity index (χ1v) is 5.68. The maximum absolute atomic E-state index is 11.0. The van der Waals surface area contributed by atoms with Crippen LogP contribution in [0.25, 0.3) is 0 Å². The Morgan fingerprint density at radius 3 is 2.46 bits per heavy atom. The highest BCUT2D eigenvalue weighted by Gasteiger charge is 2.11. The maximum Gasteiger partial charge on any atom is 0.315 e. The standard InChI is InChI=1S/C10H20O2S/c1-3-5-7-9(6-4-2)12-10(11)8-13/h9,13H,3-8H2,1-2H3. The van der Waals surface area contributed by atoms with Gasteiger partial charge in [-0.1, -0.05) is 33.1 Å². The van der Waals surface area contributed by atoms with Crippen molar-refractivity contribution in [1.82, 2.24) is 0 Å². The Balaban J connectivity index is 3.71. The SMILES string of the molecule is CCCCC(CCC)OC(=O)CS. The third kappa shape index (κ3) is 6.94. The number of rotatable bonds is 7. The lowest BCUT2D eigenvalue weighted by Gasteiger charge is -2.16. The van der Waals surface area contributed by atoms with Gasteiger partial charge in [0.15, 0.2) is 0 Å². The van der Waals surface area contributed by atoms with E-state index in [-0.39, 0.29) is 17.8 Å². The minimum absolute atomic E-state index is 0.115. The average molecular weight is 204 g/mol. The van der Waals surface area contributed by atoms with Crippen molar-refractivity contribution in [2.45, 2.75) is 52.1 Å². The van der Waals surface area contributed by atoms with Gasteiger partial charge in [-0.15, -0.1) is 0 Å². The number of hydrogen-bond acceptors (Lipinski definition) is 3. The van der Waals surface area contributed by atoms with Crippen LogP contribution in [0.1, 0.15) is 46.0 Å². The van der Waals surface area contributed by atoms with E-state index >= 15 is 0 Å². The van der Waals surface area contributed by atoms with Crippen molar-refractivity contribution in [3.63, 3.8) is 0 Å². The van der Waals surface area contributed by atoms with E-state index in [2.05, 4.69) is 26.5 Å². The van der Waals surface area contributed by atoms with Crippen LogP contribution in [-0.4, -0.2) is 17.8 Å². The highest BCUT2D eigenvalue weighted by molar-refractivity contribution is 7.81. The van der Waals surface area contributed by atoms with Crippen LogP contribution in [0.2, 0.25) is 0 Å². The lowest BCUT2D eigenvalue weighted by molar-refractivity contribution is -0.146. The third-order valence-electron chi connectivity index (χ3n) is 1.92. The predicted octanol–water partition coefficient (Wildman–Crippen LogP) is 2.82. The second-order valence-corrected chi connectivity index (χ2v) is 3.52. The summed E-state index contributed by atoms with van der Waals surface area (Å²) >= 11 is 3.87. The van der Waals surface area contributed by atoms with Gasteiger partial charge in [-0.2, -0.15) is 12.6 Å². The van der Waals surface area contributed by atoms with Gasteiger partial charge in [0.2, 0.25) is 0 Å². The number of thiol groups is 1. The monoisotopic (exact) mass is 204 g/mol. The third-order valence-corrected chi connectivity index (χ3v) is 2.18. The molecule has 3 heteroatoms. The second kappa shape index (κ2) is 8.42. The molecule has 0 heterocycles. The van der Waals surface area contributed by atoms with Crippen molar-refractivity contribution in [3.05, 3.63) is 0 Å². The van der Waals surface area contributed by atoms with Crippen LogP contribution in [0, 0.1) is 0 Å². The van der Waals surface area contributed by atoms with Gasteiger partial charge in [0.25, 0.3) is 0 Å². The van der Waals surface area contributed by atoms with E-state index < -0.39 is 0 Å². The minimum Gasteiger partial charge on any atom is -0.462 e. The first kappa shape index (κ1) is 12.8. The fourth-order valence-corrected chi connectivity index (χ4v) is 1.31. The Hall–Kier alpha value is -0.180. The molecule has 78 valence electrons. The molecule has 0 N–H and O–H groups in total. The fraction of sp³-hybridized carbons (Fsp3) is 0.900. The van der Waals surface area contributed by atoms with E-state index in [9.17, 15) is 4.79 Å². The lowest BCUT2D eigenvalue weighted by atomic mass is 10.1. The van der Waals surface area contributed by atoms with Crippen molar-refractivity contribution in [2.24, 2.45) is 0 Å². The molecule has 0 saturated heterocycles. The van der Waals surface area contributed by atoms with E-state index in [4.69, 9.17) is 4.74 Å². The molecule has 0 radical (unpaired) electrons. The van der Waals surface area contributed by atoms with E-state index in [1.165, 1.54) is 0 Å². The van der Waals surface area contributed by atoms with Crippen LogP contribution in [0.4, 0.5) is 0 Å². The summed E-state index contributed by atoms with van der Waals surface area (Å²) in [6, 6.07) is 0. The quantitative estimate of drug-likeness (QED) is 0.510. The number of hydrogen-bond donors (Lipinski definition) is 1. The van der Waals surface area contributed by atoms with Crippen molar-refractivity contribution in [1.29, 1.82) is 0 Å². The molecule has 0 bridgehead atoms.